The molecule has 9 heteroatoms. The van der Waals surface area contributed by atoms with E-state index in [1.54, 1.807) is 0 Å². The molecule has 1 aromatic carbocycles. The maximum atomic E-state index is 12.5. The first-order chi connectivity index (χ1) is 9.32. The van der Waals surface area contributed by atoms with Gasteiger partial charge in [-0.25, -0.2) is 8.42 Å². The van der Waals surface area contributed by atoms with Crippen molar-refractivity contribution in [2.75, 3.05) is 19.6 Å². The lowest BCUT2D eigenvalue weighted by molar-refractivity contribution is -0.385. The van der Waals surface area contributed by atoms with Crippen LogP contribution < -0.4 is 5.32 Å². The average molecular weight is 320 g/mol. The van der Waals surface area contributed by atoms with Crippen LogP contribution in [-0.4, -0.2) is 43.3 Å². The average Bonchev–Trinajstić information content (AvgIpc) is 2.38. The molecule has 1 heterocycles. The summed E-state index contributed by atoms with van der Waals surface area (Å²) in [7, 11) is -3.82. The molecule has 1 atom stereocenters. The Bertz CT molecular complexity index is 635. The van der Waals surface area contributed by atoms with Crippen LogP contribution in [0.25, 0.3) is 0 Å². The Kier molecular flexibility index (Phi) is 4.28. The molecule has 110 valence electrons. The number of sulfonamides is 1. The van der Waals surface area contributed by atoms with Crippen molar-refractivity contribution in [3.8, 4) is 0 Å². The third-order valence-electron chi connectivity index (χ3n) is 3.07. The molecular formula is C11H14ClN3O4S. The smallest absolute Gasteiger partial charge is 0.270 e. The van der Waals surface area contributed by atoms with Gasteiger partial charge in [-0.1, -0.05) is 11.6 Å². The predicted molar refractivity (Wildman–Crippen MR) is 74.3 cm³/mol. The fraction of sp³-hybridized carbons (Fsp3) is 0.455. The van der Waals surface area contributed by atoms with Crippen molar-refractivity contribution >= 4 is 27.3 Å². The molecule has 1 aromatic rings. The zero-order valence-corrected chi connectivity index (χ0v) is 12.3. The van der Waals surface area contributed by atoms with Crippen LogP contribution in [0.4, 0.5) is 5.69 Å². The second-order valence-electron chi connectivity index (χ2n) is 4.59. The zero-order chi connectivity index (χ0) is 14.9. The minimum Gasteiger partial charge on any atom is -0.312 e. The lowest BCUT2D eigenvalue weighted by Crippen LogP contribution is -2.51. The minimum absolute atomic E-state index is 0.0122. The lowest BCUT2D eigenvalue weighted by atomic mass is 10.3. The van der Waals surface area contributed by atoms with E-state index in [1.165, 1.54) is 16.4 Å². The maximum Gasteiger partial charge on any atom is 0.270 e. The van der Waals surface area contributed by atoms with Gasteiger partial charge in [0.05, 0.1) is 9.95 Å². The molecule has 0 aromatic heterocycles. The molecule has 1 unspecified atom stereocenters. The number of nitrogens with one attached hydrogen (secondary N) is 1. The van der Waals surface area contributed by atoms with E-state index in [1.807, 2.05) is 6.92 Å². The van der Waals surface area contributed by atoms with Gasteiger partial charge in [0.1, 0.15) is 4.90 Å². The number of rotatable bonds is 3. The molecule has 1 aliphatic rings. The van der Waals surface area contributed by atoms with Crippen LogP contribution in [0.15, 0.2) is 23.1 Å². The van der Waals surface area contributed by atoms with E-state index in [9.17, 15) is 18.5 Å². The molecule has 1 fully saturated rings. The van der Waals surface area contributed by atoms with Gasteiger partial charge < -0.3 is 5.32 Å². The van der Waals surface area contributed by atoms with E-state index in [0.717, 1.165) is 6.07 Å². The van der Waals surface area contributed by atoms with Crippen molar-refractivity contribution < 1.29 is 13.3 Å². The second-order valence-corrected chi connectivity index (χ2v) is 6.90. The van der Waals surface area contributed by atoms with Crippen LogP contribution in [0.1, 0.15) is 6.92 Å². The summed E-state index contributed by atoms with van der Waals surface area (Å²) in [6, 6.07) is 3.45. The van der Waals surface area contributed by atoms with Crippen molar-refractivity contribution in [3.63, 3.8) is 0 Å². The summed E-state index contributed by atoms with van der Waals surface area (Å²) in [6.07, 6.45) is 0. The molecule has 0 spiro atoms. The first-order valence-electron chi connectivity index (χ1n) is 6.00. The van der Waals surface area contributed by atoms with E-state index in [-0.39, 0.29) is 21.6 Å². The number of hydrogen-bond acceptors (Lipinski definition) is 5. The van der Waals surface area contributed by atoms with E-state index in [2.05, 4.69) is 5.32 Å². The minimum atomic E-state index is -3.82. The fourth-order valence-electron chi connectivity index (χ4n) is 2.06. The number of non-ortho nitro benzene ring substituents is 1. The first kappa shape index (κ1) is 15.2. The summed E-state index contributed by atoms with van der Waals surface area (Å²) in [5, 5.41) is 13.9. The highest BCUT2D eigenvalue weighted by atomic mass is 35.5. The van der Waals surface area contributed by atoms with Crippen molar-refractivity contribution in [3.05, 3.63) is 33.3 Å². The van der Waals surface area contributed by atoms with Gasteiger partial charge >= 0.3 is 0 Å². The highest BCUT2D eigenvalue weighted by molar-refractivity contribution is 7.89. The lowest BCUT2D eigenvalue weighted by Gasteiger charge is -2.31. The summed E-state index contributed by atoms with van der Waals surface area (Å²) in [4.78, 5) is 9.90. The standard InChI is InChI=1S/C11H14ClN3O4S/c1-8-7-14(5-4-13-8)20(18,19)11-6-9(15(16)17)2-3-10(11)12/h2-3,6,8,13H,4-5,7H2,1H3. The van der Waals surface area contributed by atoms with Crippen molar-refractivity contribution in [1.29, 1.82) is 0 Å². The number of nitrogens with zero attached hydrogens (tertiary/aromatic N) is 2. The first-order valence-corrected chi connectivity index (χ1v) is 7.81. The molecule has 2 rings (SSSR count). The summed E-state index contributed by atoms with van der Waals surface area (Å²) >= 11 is 5.90. The van der Waals surface area contributed by atoms with Crippen LogP contribution in [-0.2, 0) is 10.0 Å². The number of halogens is 1. The molecule has 1 N–H and O–H groups in total. The van der Waals surface area contributed by atoms with E-state index >= 15 is 0 Å². The molecule has 0 aliphatic carbocycles. The largest absolute Gasteiger partial charge is 0.312 e. The highest BCUT2D eigenvalue weighted by Crippen LogP contribution is 2.29. The van der Waals surface area contributed by atoms with Crippen LogP contribution in [0, 0.1) is 10.1 Å². The molecule has 0 radical (unpaired) electrons. The number of nitro benzene ring substituents is 1. The maximum absolute atomic E-state index is 12.5. The van der Waals surface area contributed by atoms with Crippen LogP contribution in [0.5, 0.6) is 0 Å². The van der Waals surface area contributed by atoms with Gasteiger partial charge in [0.25, 0.3) is 5.69 Å². The summed E-state index contributed by atoms with van der Waals surface area (Å²) < 4.78 is 26.3. The third-order valence-corrected chi connectivity index (χ3v) is 5.42. The Labute approximate surface area is 121 Å². The number of hydrogen-bond donors (Lipinski definition) is 1. The SMILES string of the molecule is CC1CN(S(=O)(=O)c2cc([N+](=O)[O-])ccc2Cl)CCN1. The van der Waals surface area contributed by atoms with E-state index in [4.69, 9.17) is 11.6 Å². The van der Waals surface area contributed by atoms with Crippen LogP contribution >= 0.6 is 11.6 Å². The number of benzene rings is 1. The Morgan fingerprint density at radius 3 is 2.80 bits per heavy atom. The Morgan fingerprint density at radius 1 is 1.50 bits per heavy atom. The molecule has 0 saturated carbocycles. The second kappa shape index (κ2) is 5.65. The predicted octanol–water partition coefficient (Wildman–Crippen LogP) is 1.23. The fourth-order valence-corrected chi connectivity index (χ4v) is 4.08. The molecule has 7 nitrogen and oxygen atoms in total. The number of piperazine rings is 1. The molecular weight excluding hydrogens is 306 g/mol. The van der Waals surface area contributed by atoms with Gasteiger partial charge in [-0.3, -0.25) is 10.1 Å². The van der Waals surface area contributed by atoms with Gasteiger partial charge in [0.2, 0.25) is 10.0 Å². The van der Waals surface area contributed by atoms with Crippen molar-refractivity contribution in [2.24, 2.45) is 0 Å². The van der Waals surface area contributed by atoms with E-state index in [0.29, 0.717) is 19.6 Å². The van der Waals surface area contributed by atoms with E-state index < -0.39 is 14.9 Å². The molecule has 20 heavy (non-hydrogen) atoms. The molecule has 1 aliphatic heterocycles. The van der Waals surface area contributed by atoms with Crippen molar-refractivity contribution in [2.45, 2.75) is 17.9 Å². The molecule has 0 amide bonds. The van der Waals surface area contributed by atoms with Crippen molar-refractivity contribution in [1.82, 2.24) is 9.62 Å². The Morgan fingerprint density at radius 2 is 2.20 bits per heavy atom. The highest BCUT2D eigenvalue weighted by Gasteiger charge is 2.31. The quantitative estimate of drug-likeness (QED) is 0.668. The van der Waals surface area contributed by atoms with Gasteiger partial charge in [0.15, 0.2) is 0 Å². The molecule has 0 bridgehead atoms. The van der Waals surface area contributed by atoms with Crippen LogP contribution in [0.2, 0.25) is 5.02 Å². The Balaban J connectivity index is 2.43. The zero-order valence-electron chi connectivity index (χ0n) is 10.7. The number of nitro groups is 1. The normalized spacial score (nSPS) is 20.8. The monoisotopic (exact) mass is 319 g/mol. The third kappa shape index (κ3) is 2.93. The van der Waals surface area contributed by atoms with Crippen LogP contribution in [0.3, 0.4) is 0 Å². The molecule has 1 saturated heterocycles. The Hall–Kier alpha value is -1.22. The topological polar surface area (TPSA) is 92.5 Å². The summed E-state index contributed by atoms with van der Waals surface area (Å²) in [5.41, 5.74) is -0.295. The van der Waals surface area contributed by atoms with Gasteiger partial charge in [-0.15, -0.1) is 0 Å². The van der Waals surface area contributed by atoms with Gasteiger partial charge in [-0.05, 0) is 13.0 Å². The van der Waals surface area contributed by atoms with Gasteiger partial charge in [0, 0.05) is 37.8 Å². The summed E-state index contributed by atoms with van der Waals surface area (Å²) in [6.45, 7) is 3.02. The summed E-state index contributed by atoms with van der Waals surface area (Å²) in [5.74, 6) is 0. The van der Waals surface area contributed by atoms with Gasteiger partial charge in [-0.2, -0.15) is 4.31 Å².